The standard InChI is InChI=1S/C20H24N2O3S/c1-12(20(24)25)16(14-8-4-3-5-9-14)22-18(23)17-13(2)21-19(26-17)15-10-6-7-11-15/h3-5,8-9,12,15-16H,6-7,10-11H2,1-2H3,(H,22,23)(H,24,25). The summed E-state index contributed by atoms with van der Waals surface area (Å²) < 4.78 is 0. The molecule has 138 valence electrons. The van der Waals surface area contributed by atoms with Crippen molar-refractivity contribution in [3.8, 4) is 0 Å². The van der Waals surface area contributed by atoms with Crippen LogP contribution in [0.1, 0.15) is 70.5 Å². The molecule has 1 heterocycles. The Labute approximate surface area is 157 Å². The largest absolute Gasteiger partial charge is 0.481 e. The number of carboxylic acids is 1. The smallest absolute Gasteiger partial charge is 0.308 e. The first-order valence-corrected chi connectivity index (χ1v) is 9.85. The third kappa shape index (κ3) is 3.96. The number of aliphatic carboxylic acids is 1. The van der Waals surface area contributed by atoms with Gasteiger partial charge in [-0.25, -0.2) is 4.98 Å². The van der Waals surface area contributed by atoms with Crippen LogP contribution in [0, 0.1) is 12.8 Å². The first-order chi connectivity index (χ1) is 12.5. The Morgan fingerprint density at radius 3 is 2.50 bits per heavy atom. The Morgan fingerprint density at radius 1 is 1.23 bits per heavy atom. The van der Waals surface area contributed by atoms with Crippen LogP contribution in [0.3, 0.4) is 0 Å². The maximum absolute atomic E-state index is 12.9. The van der Waals surface area contributed by atoms with Crippen molar-refractivity contribution in [2.75, 3.05) is 0 Å². The van der Waals surface area contributed by atoms with Crippen molar-refractivity contribution < 1.29 is 14.7 Å². The van der Waals surface area contributed by atoms with Crippen LogP contribution in [0.5, 0.6) is 0 Å². The molecule has 1 aromatic heterocycles. The number of benzene rings is 1. The maximum Gasteiger partial charge on any atom is 0.308 e. The number of hydrogen-bond donors (Lipinski definition) is 2. The van der Waals surface area contributed by atoms with Crippen molar-refractivity contribution in [1.29, 1.82) is 0 Å². The zero-order chi connectivity index (χ0) is 18.7. The molecule has 0 aliphatic heterocycles. The van der Waals surface area contributed by atoms with E-state index in [9.17, 15) is 14.7 Å². The molecular formula is C20H24N2O3S. The van der Waals surface area contributed by atoms with Gasteiger partial charge in [-0.1, -0.05) is 43.2 Å². The summed E-state index contributed by atoms with van der Waals surface area (Å²) in [5, 5.41) is 13.4. The Kier molecular flexibility index (Phi) is 5.71. The second-order valence-corrected chi connectivity index (χ2v) is 7.97. The summed E-state index contributed by atoms with van der Waals surface area (Å²) in [6.07, 6.45) is 4.71. The molecule has 0 radical (unpaired) electrons. The van der Waals surface area contributed by atoms with Gasteiger partial charge in [-0.05, 0) is 32.3 Å². The normalized spacial score (nSPS) is 17.0. The lowest BCUT2D eigenvalue weighted by molar-refractivity contribution is -0.142. The molecule has 5 nitrogen and oxygen atoms in total. The van der Waals surface area contributed by atoms with Crippen LogP contribution in [0.4, 0.5) is 0 Å². The van der Waals surface area contributed by atoms with Crippen molar-refractivity contribution in [1.82, 2.24) is 10.3 Å². The molecule has 1 saturated carbocycles. The molecule has 2 unspecified atom stereocenters. The van der Waals surface area contributed by atoms with E-state index in [0.717, 1.165) is 29.1 Å². The number of carbonyl (C=O) groups is 2. The number of nitrogens with zero attached hydrogens (tertiary/aromatic N) is 1. The van der Waals surface area contributed by atoms with E-state index in [1.807, 2.05) is 37.3 Å². The quantitative estimate of drug-likeness (QED) is 0.792. The SMILES string of the molecule is Cc1nc(C2CCCC2)sc1C(=O)NC(c1ccccc1)C(C)C(=O)O. The fourth-order valence-corrected chi connectivity index (χ4v) is 4.62. The van der Waals surface area contributed by atoms with Crippen LogP contribution < -0.4 is 5.32 Å². The van der Waals surface area contributed by atoms with Gasteiger partial charge in [0.2, 0.25) is 0 Å². The molecule has 6 heteroatoms. The van der Waals surface area contributed by atoms with Gasteiger partial charge >= 0.3 is 5.97 Å². The van der Waals surface area contributed by atoms with Crippen molar-refractivity contribution in [3.05, 3.63) is 51.5 Å². The lowest BCUT2D eigenvalue weighted by Crippen LogP contribution is -2.35. The number of hydrogen-bond acceptors (Lipinski definition) is 4. The van der Waals surface area contributed by atoms with E-state index in [-0.39, 0.29) is 5.91 Å². The van der Waals surface area contributed by atoms with Crippen LogP contribution in [0.25, 0.3) is 0 Å². The number of amides is 1. The summed E-state index contributed by atoms with van der Waals surface area (Å²) in [6.45, 7) is 3.46. The Balaban J connectivity index is 1.82. The minimum atomic E-state index is -0.938. The zero-order valence-electron chi connectivity index (χ0n) is 15.1. The predicted octanol–water partition coefficient (Wildman–Crippen LogP) is 4.30. The molecule has 0 bridgehead atoms. The number of carbonyl (C=O) groups excluding carboxylic acids is 1. The van der Waals surface area contributed by atoms with Crippen molar-refractivity contribution in [2.45, 2.75) is 51.5 Å². The minimum absolute atomic E-state index is 0.244. The molecule has 1 aliphatic rings. The van der Waals surface area contributed by atoms with E-state index in [0.29, 0.717) is 10.8 Å². The van der Waals surface area contributed by atoms with E-state index >= 15 is 0 Å². The highest BCUT2D eigenvalue weighted by Crippen LogP contribution is 2.37. The van der Waals surface area contributed by atoms with Gasteiger partial charge in [0.15, 0.2) is 0 Å². The first-order valence-electron chi connectivity index (χ1n) is 9.03. The van der Waals surface area contributed by atoms with E-state index in [1.165, 1.54) is 24.2 Å². The average molecular weight is 372 g/mol. The molecule has 1 aliphatic carbocycles. The Morgan fingerprint density at radius 2 is 1.88 bits per heavy atom. The molecule has 3 rings (SSSR count). The van der Waals surface area contributed by atoms with Gasteiger partial charge in [0.1, 0.15) is 4.88 Å². The second kappa shape index (κ2) is 7.99. The molecule has 2 aromatic rings. The predicted molar refractivity (Wildman–Crippen MR) is 102 cm³/mol. The topological polar surface area (TPSA) is 79.3 Å². The van der Waals surface area contributed by atoms with Crippen LogP contribution in [0.15, 0.2) is 30.3 Å². The monoisotopic (exact) mass is 372 g/mol. The summed E-state index contributed by atoms with van der Waals surface area (Å²) in [4.78, 5) is 29.6. The van der Waals surface area contributed by atoms with Crippen LogP contribution in [-0.2, 0) is 4.79 Å². The maximum atomic E-state index is 12.9. The van der Waals surface area contributed by atoms with E-state index < -0.39 is 17.9 Å². The summed E-state index contributed by atoms with van der Waals surface area (Å²) in [6, 6.07) is 8.66. The molecule has 2 atom stereocenters. The molecule has 2 N–H and O–H groups in total. The lowest BCUT2D eigenvalue weighted by atomic mass is 9.94. The van der Waals surface area contributed by atoms with Crippen molar-refractivity contribution in [2.24, 2.45) is 5.92 Å². The van der Waals surface area contributed by atoms with Gasteiger partial charge in [0, 0.05) is 5.92 Å². The highest BCUT2D eigenvalue weighted by atomic mass is 32.1. The fraction of sp³-hybridized carbons (Fsp3) is 0.450. The summed E-state index contributed by atoms with van der Waals surface area (Å²) in [7, 11) is 0. The van der Waals surface area contributed by atoms with Crippen LogP contribution in [-0.4, -0.2) is 22.0 Å². The minimum Gasteiger partial charge on any atom is -0.481 e. The third-order valence-corrected chi connectivity index (χ3v) is 6.38. The average Bonchev–Trinajstić information content (AvgIpc) is 3.29. The van der Waals surface area contributed by atoms with Crippen LogP contribution >= 0.6 is 11.3 Å². The van der Waals surface area contributed by atoms with Crippen LogP contribution in [0.2, 0.25) is 0 Å². The second-order valence-electron chi connectivity index (χ2n) is 6.94. The molecule has 0 spiro atoms. The summed E-state index contributed by atoms with van der Waals surface area (Å²) in [5.41, 5.74) is 1.51. The molecule has 1 fully saturated rings. The number of carboxylic acid groups (broad SMARTS) is 1. The molecule has 26 heavy (non-hydrogen) atoms. The van der Waals surface area contributed by atoms with Crippen molar-refractivity contribution >= 4 is 23.2 Å². The summed E-state index contributed by atoms with van der Waals surface area (Å²) >= 11 is 1.45. The molecular weight excluding hydrogens is 348 g/mol. The third-order valence-electron chi connectivity index (χ3n) is 5.06. The molecule has 0 saturated heterocycles. The van der Waals surface area contributed by atoms with Crippen molar-refractivity contribution in [3.63, 3.8) is 0 Å². The fourth-order valence-electron chi connectivity index (χ4n) is 3.48. The number of aryl methyl sites for hydroxylation is 1. The van der Waals surface area contributed by atoms with Gasteiger partial charge in [0.05, 0.1) is 22.7 Å². The van der Waals surface area contributed by atoms with Gasteiger partial charge < -0.3 is 10.4 Å². The Hall–Kier alpha value is -2.21. The number of thiazole rings is 1. The molecule has 1 amide bonds. The molecule has 1 aromatic carbocycles. The zero-order valence-corrected chi connectivity index (χ0v) is 15.9. The lowest BCUT2D eigenvalue weighted by Gasteiger charge is -2.22. The summed E-state index contributed by atoms with van der Waals surface area (Å²) in [5.74, 6) is -1.45. The number of rotatable bonds is 6. The van der Waals surface area contributed by atoms with Gasteiger partial charge in [-0.2, -0.15) is 0 Å². The highest BCUT2D eigenvalue weighted by molar-refractivity contribution is 7.13. The van der Waals surface area contributed by atoms with E-state index in [2.05, 4.69) is 10.3 Å². The first kappa shape index (κ1) is 18.6. The van der Waals surface area contributed by atoms with Gasteiger partial charge in [-0.3, -0.25) is 9.59 Å². The van der Waals surface area contributed by atoms with E-state index in [1.54, 1.807) is 6.92 Å². The van der Waals surface area contributed by atoms with Gasteiger partial charge in [0.25, 0.3) is 5.91 Å². The highest BCUT2D eigenvalue weighted by Gasteiger charge is 2.29. The Bertz CT molecular complexity index is 782. The van der Waals surface area contributed by atoms with E-state index in [4.69, 9.17) is 0 Å². The van der Waals surface area contributed by atoms with Gasteiger partial charge in [-0.15, -0.1) is 11.3 Å². The number of aromatic nitrogens is 1. The number of nitrogens with one attached hydrogen (secondary N) is 1.